The highest BCUT2D eigenvalue weighted by molar-refractivity contribution is 5.78. The Morgan fingerprint density at radius 3 is 2.45 bits per heavy atom. The van der Waals surface area contributed by atoms with Gasteiger partial charge in [-0.25, -0.2) is 4.79 Å². The average Bonchev–Trinajstić information content (AvgIpc) is 3.22. The fourth-order valence-electron chi connectivity index (χ4n) is 4.52. The minimum Gasteiger partial charge on any atom is -0.495 e. The Labute approximate surface area is 191 Å². The van der Waals surface area contributed by atoms with E-state index in [1.807, 2.05) is 54.8 Å². The maximum Gasteiger partial charge on any atom is 0.332 e. The Balaban J connectivity index is 1.70. The van der Waals surface area contributed by atoms with Crippen LogP contribution in [-0.4, -0.2) is 32.3 Å². The monoisotopic (exact) mass is 445 g/mol. The van der Waals surface area contributed by atoms with Crippen LogP contribution >= 0.6 is 0 Å². The molecule has 0 saturated carbocycles. The second-order valence-corrected chi connectivity index (χ2v) is 8.63. The normalized spacial score (nSPS) is 13.4. The second kappa shape index (κ2) is 7.95. The van der Waals surface area contributed by atoms with Crippen molar-refractivity contribution in [2.45, 2.75) is 33.4 Å². The molecule has 5 rings (SSSR count). The van der Waals surface area contributed by atoms with E-state index in [1.54, 1.807) is 14.2 Å². The highest BCUT2D eigenvalue weighted by atomic mass is 16.5. The Hall–Kier alpha value is -3.81. The van der Waals surface area contributed by atoms with E-state index in [4.69, 9.17) is 9.72 Å². The second-order valence-electron chi connectivity index (χ2n) is 8.63. The van der Waals surface area contributed by atoms with Crippen LogP contribution in [-0.2, 0) is 20.1 Å². The lowest BCUT2D eigenvalue weighted by Gasteiger charge is -2.30. The molecule has 0 fully saturated rings. The van der Waals surface area contributed by atoms with Gasteiger partial charge >= 0.3 is 5.69 Å². The molecule has 8 heteroatoms. The summed E-state index contributed by atoms with van der Waals surface area (Å²) in [4.78, 5) is 33.6. The molecule has 2 aromatic heterocycles. The maximum absolute atomic E-state index is 13.6. The van der Waals surface area contributed by atoms with Crippen molar-refractivity contribution in [3.8, 4) is 5.75 Å². The van der Waals surface area contributed by atoms with E-state index >= 15 is 0 Å². The number of hydrogen-bond acceptors (Lipinski definition) is 5. The zero-order chi connectivity index (χ0) is 23.3. The molecule has 0 spiro atoms. The van der Waals surface area contributed by atoms with Crippen LogP contribution in [0.3, 0.4) is 0 Å². The van der Waals surface area contributed by atoms with Gasteiger partial charge in [0.15, 0.2) is 11.2 Å². The van der Waals surface area contributed by atoms with Gasteiger partial charge in [-0.3, -0.25) is 13.9 Å². The lowest BCUT2D eigenvalue weighted by molar-refractivity contribution is 0.414. The molecular formula is C25H27N5O3. The van der Waals surface area contributed by atoms with Crippen LogP contribution < -0.4 is 20.9 Å². The number of hydrogen-bond donors (Lipinski definition) is 0. The van der Waals surface area contributed by atoms with E-state index in [-0.39, 0.29) is 17.8 Å². The van der Waals surface area contributed by atoms with Crippen molar-refractivity contribution >= 4 is 22.8 Å². The van der Waals surface area contributed by atoms with Crippen molar-refractivity contribution in [1.82, 2.24) is 18.7 Å². The number of benzene rings is 2. The molecule has 3 heterocycles. The minimum atomic E-state index is -0.372. The van der Waals surface area contributed by atoms with Gasteiger partial charge in [0.25, 0.3) is 5.56 Å². The van der Waals surface area contributed by atoms with Gasteiger partial charge in [0.2, 0.25) is 5.95 Å². The zero-order valence-corrected chi connectivity index (χ0v) is 19.3. The highest BCUT2D eigenvalue weighted by Crippen LogP contribution is 2.37. The van der Waals surface area contributed by atoms with E-state index in [2.05, 4.69) is 11.0 Å². The van der Waals surface area contributed by atoms with Crippen LogP contribution in [0.5, 0.6) is 5.75 Å². The minimum absolute atomic E-state index is 0.220. The molecule has 0 bridgehead atoms. The number of nitrogens with zero attached hydrogens (tertiary/aromatic N) is 5. The Morgan fingerprint density at radius 1 is 1.00 bits per heavy atom. The third-order valence-corrected chi connectivity index (χ3v) is 6.30. The summed E-state index contributed by atoms with van der Waals surface area (Å²) in [6.45, 7) is 5.67. The van der Waals surface area contributed by atoms with Gasteiger partial charge in [-0.15, -0.1) is 0 Å². The Kier molecular flexibility index (Phi) is 5.08. The molecule has 0 radical (unpaired) electrons. The Bertz CT molecular complexity index is 1480. The number of imidazole rings is 1. The zero-order valence-electron chi connectivity index (χ0n) is 19.3. The molecule has 4 aromatic rings. The summed E-state index contributed by atoms with van der Waals surface area (Å²) in [6, 6.07) is 13.9. The van der Waals surface area contributed by atoms with Crippen molar-refractivity contribution in [3.63, 3.8) is 0 Å². The van der Waals surface area contributed by atoms with Crippen molar-refractivity contribution < 1.29 is 4.74 Å². The van der Waals surface area contributed by atoms with Crippen molar-refractivity contribution in [3.05, 3.63) is 80.0 Å². The van der Waals surface area contributed by atoms with Crippen LogP contribution in [0.25, 0.3) is 11.2 Å². The summed E-state index contributed by atoms with van der Waals surface area (Å²) in [7, 11) is 3.32. The first-order valence-electron chi connectivity index (χ1n) is 11.1. The van der Waals surface area contributed by atoms with E-state index in [0.29, 0.717) is 23.7 Å². The molecule has 0 N–H and O–H groups in total. The molecule has 170 valence electrons. The van der Waals surface area contributed by atoms with Gasteiger partial charge in [-0.2, -0.15) is 4.98 Å². The molecule has 33 heavy (non-hydrogen) atoms. The first kappa shape index (κ1) is 21.1. The van der Waals surface area contributed by atoms with Crippen LogP contribution in [0, 0.1) is 13.8 Å². The number of aryl methyl sites for hydroxylation is 4. The lowest BCUT2D eigenvalue weighted by atomic mass is 10.1. The highest BCUT2D eigenvalue weighted by Gasteiger charge is 2.28. The van der Waals surface area contributed by atoms with E-state index < -0.39 is 0 Å². The SMILES string of the molecule is COc1ccc(C)cc1N1CCCn2c1nc1c2c(=O)n(Cc2ccc(C)cc2)c(=O)n1C. The molecular weight excluding hydrogens is 418 g/mol. The van der Waals surface area contributed by atoms with Crippen LogP contribution in [0.15, 0.2) is 52.1 Å². The molecule has 0 amide bonds. The molecule has 0 aliphatic carbocycles. The quantitative estimate of drug-likeness (QED) is 0.483. The average molecular weight is 446 g/mol. The molecule has 1 aliphatic heterocycles. The number of ether oxygens (including phenoxy) is 1. The predicted octanol–water partition coefficient (Wildman–Crippen LogP) is 3.11. The molecule has 1 aliphatic rings. The molecule has 8 nitrogen and oxygen atoms in total. The number of fused-ring (bicyclic) bond motifs is 3. The van der Waals surface area contributed by atoms with Gasteiger partial charge in [0, 0.05) is 20.1 Å². The standard InChI is InChI=1S/C25H27N5O3/c1-16-6-9-18(10-7-16)15-30-23(31)21-22(27(3)25(30)32)26-24-28(12-5-13-29(21)24)19-14-17(2)8-11-20(19)33-4/h6-11,14H,5,12-13,15H2,1-4H3. The van der Waals surface area contributed by atoms with Gasteiger partial charge in [0.1, 0.15) is 5.75 Å². The summed E-state index contributed by atoms with van der Waals surface area (Å²) in [5, 5.41) is 0. The maximum atomic E-state index is 13.6. The third kappa shape index (κ3) is 3.42. The third-order valence-electron chi connectivity index (χ3n) is 6.30. The fourth-order valence-corrected chi connectivity index (χ4v) is 4.52. The van der Waals surface area contributed by atoms with Crippen molar-refractivity contribution in [2.24, 2.45) is 7.05 Å². The smallest absolute Gasteiger partial charge is 0.332 e. The van der Waals surface area contributed by atoms with Crippen LogP contribution in [0.4, 0.5) is 11.6 Å². The summed E-state index contributed by atoms with van der Waals surface area (Å²) in [6.07, 6.45) is 0.843. The first-order valence-corrected chi connectivity index (χ1v) is 11.1. The molecule has 0 unspecified atom stereocenters. The first-order chi connectivity index (χ1) is 15.9. The topological polar surface area (TPSA) is 74.3 Å². The van der Waals surface area contributed by atoms with E-state index in [1.165, 1.54) is 9.13 Å². The van der Waals surface area contributed by atoms with E-state index in [9.17, 15) is 9.59 Å². The van der Waals surface area contributed by atoms with Gasteiger partial charge in [0.05, 0.1) is 19.3 Å². The predicted molar refractivity (Wildman–Crippen MR) is 129 cm³/mol. The van der Waals surface area contributed by atoms with Crippen molar-refractivity contribution in [2.75, 3.05) is 18.6 Å². The molecule has 0 saturated heterocycles. The summed E-state index contributed by atoms with van der Waals surface area (Å²) in [5.74, 6) is 1.40. The molecule has 0 atom stereocenters. The largest absolute Gasteiger partial charge is 0.495 e. The summed E-state index contributed by atoms with van der Waals surface area (Å²) < 4.78 is 10.3. The fraction of sp³-hybridized carbons (Fsp3) is 0.320. The van der Waals surface area contributed by atoms with Gasteiger partial charge in [-0.1, -0.05) is 35.9 Å². The van der Waals surface area contributed by atoms with Crippen LogP contribution in [0.2, 0.25) is 0 Å². The number of methoxy groups -OCH3 is 1. The lowest BCUT2D eigenvalue weighted by Crippen LogP contribution is -2.40. The van der Waals surface area contributed by atoms with Gasteiger partial charge in [-0.05, 0) is 43.5 Å². The van der Waals surface area contributed by atoms with Crippen LogP contribution in [0.1, 0.15) is 23.1 Å². The van der Waals surface area contributed by atoms with E-state index in [0.717, 1.165) is 41.1 Å². The summed E-state index contributed by atoms with van der Waals surface area (Å²) in [5.41, 5.74) is 4.21. The van der Waals surface area contributed by atoms with Gasteiger partial charge < -0.3 is 14.2 Å². The number of aromatic nitrogens is 4. The number of rotatable bonds is 4. The Morgan fingerprint density at radius 2 is 1.73 bits per heavy atom. The van der Waals surface area contributed by atoms with Crippen molar-refractivity contribution in [1.29, 1.82) is 0 Å². The summed E-state index contributed by atoms with van der Waals surface area (Å²) >= 11 is 0. The molecule has 2 aromatic carbocycles. The number of anilines is 2.